The molecule has 2 nitrogen and oxygen atoms in total. The molecule has 12 aromatic carbocycles. The molecule has 2 spiro atoms. The summed E-state index contributed by atoms with van der Waals surface area (Å²) in [6.07, 6.45) is 0. The highest BCUT2D eigenvalue weighted by Gasteiger charge is 2.54. The quantitative estimate of drug-likeness (QED) is 0.164. The van der Waals surface area contributed by atoms with Gasteiger partial charge in [0.25, 0.3) is 0 Å². The van der Waals surface area contributed by atoms with Crippen LogP contribution in [0.25, 0.3) is 55.3 Å². The Morgan fingerprint density at radius 1 is 0.203 bits per heavy atom. The average molecular weight is 939 g/mol. The summed E-state index contributed by atoms with van der Waals surface area (Å²) in [7, 11) is 0. The topological polar surface area (TPSA) is 6.48 Å². The van der Waals surface area contributed by atoms with Crippen LogP contribution in [0, 0.1) is 0 Å². The molecule has 2 heteroatoms. The normalized spacial score (nSPS) is 15.2. The lowest BCUT2D eigenvalue weighted by molar-refractivity contribution is 0.793. The van der Waals surface area contributed by atoms with E-state index in [0.29, 0.717) is 0 Å². The van der Waals surface area contributed by atoms with Crippen molar-refractivity contribution in [3.63, 3.8) is 0 Å². The molecule has 0 heterocycles. The molecule has 0 radical (unpaired) electrons. The van der Waals surface area contributed by atoms with E-state index in [1.165, 1.54) is 99.8 Å². The summed E-state index contributed by atoms with van der Waals surface area (Å²) in [5, 5.41) is 2.45. The summed E-state index contributed by atoms with van der Waals surface area (Å²) in [6, 6.07) is 105. The lowest BCUT2D eigenvalue weighted by Gasteiger charge is -2.34. The van der Waals surface area contributed by atoms with Gasteiger partial charge in [-0.1, -0.05) is 218 Å². The van der Waals surface area contributed by atoms with Gasteiger partial charge in [-0.25, -0.2) is 0 Å². The number of nitrogens with zero attached hydrogens (tertiary/aromatic N) is 2. The van der Waals surface area contributed by atoms with Gasteiger partial charge in [0, 0.05) is 33.7 Å². The molecule has 0 saturated heterocycles. The van der Waals surface area contributed by atoms with E-state index in [4.69, 9.17) is 0 Å². The molecule has 0 amide bonds. The third kappa shape index (κ3) is 5.28. The van der Waals surface area contributed by atoms with Crippen molar-refractivity contribution in [1.82, 2.24) is 0 Å². The predicted octanol–water partition coefficient (Wildman–Crippen LogP) is 18.5. The van der Waals surface area contributed by atoms with Crippen LogP contribution in [0.2, 0.25) is 0 Å². The lowest BCUT2D eigenvalue weighted by Crippen LogP contribution is -2.26. The van der Waals surface area contributed by atoms with Gasteiger partial charge in [0.05, 0.1) is 22.2 Å². The Labute approximate surface area is 431 Å². The largest absolute Gasteiger partial charge is 0.310 e. The van der Waals surface area contributed by atoms with Crippen LogP contribution in [-0.2, 0) is 10.8 Å². The van der Waals surface area contributed by atoms with Gasteiger partial charge in [0.1, 0.15) is 0 Å². The molecule has 344 valence electrons. The Kier molecular flexibility index (Phi) is 8.62. The molecule has 0 N–H and O–H groups in total. The van der Waals surface area contributed by atoms with Crippen molar-refractivity contribution in [2.24, 2.45) is 0 Å². The smallest absolute Gasteiger partial charge is 0.0726 e. The van der Waals surface area contributed by atoms with Crippen LogP contribution < -0.4 is 9.80 Å². The zero-order valence-electron chi connectivity index (χ0n) is 40.5. The molecule has 4 aliphatic rings. The van der Waals surface area contributed by atoms with Gasteiger partial charge < -0.3 is 9.80 Å². The standard InChI is InChI=1S/C72H46N2/c1-4-23-47(24-5-1)73(48-25-6-2-7-26-48)50-43-44-64-58(45-50)53-31-14-19-38-61(53)72(64)62-39-20-15-34-56(62)69-55-33-11-10-32-54(55)68(46-66(69)72)74(49-27-8-3-9-28-49)67-42-22-41-65-70(67)57-35-16-21-40-63(57)71(65)59-36-17-12-29-51(59)52-30-13-18-37-60(52)71/h1-46H. The molecule has 0 fully saturated rings. The molecule has 1 unspecified atom stereocenters. The molecule has 16 rings (SSSR count). The number of fused-ring (bicyclic) bond motifs is 22. The van der Waals surface area contributed by atoms with E-state index >= 15 is 0 Å². The van der Waals surface area contributed by atoms with Crippen LogP contribution in [0.5, 0.6) is 0 Å². The fourth-order valence-electron chi connectivity index (χ4n) is 14.2. The number of rotatable bonds is 6. The minimum Gasteiger partial charge on any atom is -0.310 e. The second kappa shape index (κ2) is 15.5. The van der Waals surface area contributed by atoms with E-state index in [9.17, 15) is 0 Å². The maximum atomic E-state index is 2.59. The first-order valence-corrected chi connectivity index (χ1v) is 25.8. The summed E-state index contributed by atoms with van der Waals surface area (Å²) in [5.41, 5.74) is 26.6. The Morgan fingerprint density at radius 3 is 1.15 bits per heavy atom. The van der Waals surface area contributed by atoms with Crippen LogP contribution in [0.4, 0.5) is 34.1 Å². The van der Waals surface area contributed by atoms with Crippen LogP contribution in [0.15, 0.2) is 279 Å². The second-order valence-electron chi connectivity index (χ2n) is 20.2. The SMILES string of the molecule is c1ccc(N(c2ccccc2)c2ccc3c(c2)-c2ccccc2C32c3ccccc3-c3c2cc(N(c2ccccc2)c2cccc4c2-c2ccccc2C42c4ccccc4-c4ccccc42)c2ccccc32)cc1. The number of hydrogen-bond donors (Lipinski definition) is 0. The fraction of sp³-hybridized carbons (Fsp3) is 0.0278. The molecule has 4 aliphatic carbocycles. The molecule has 0 aromatic heterocycles. The summed E-state index contributed by atoms with van der Waals surface area (Å²) < 4.78 is 0. The molecular weight excluding hydrogens is 893 g/mol. The Bertz CT molecular complexity index is 4190. The Balaban J connectivity index is 0.988. The first-order chi connectivity index (χ1) is 36.8. The Morgan fingerprint density at radius 2 is 0.595 bits per heavy atom. The first kappa shape index (κ1) is 41.2. The van der Waals surface area contributed by atoms with Crippen molar-refractivity contribution in [1.29, 1.82) is 0 Å². The molecule has 74 heavy (non-hydrogen) atoms. The monoisotopic (exact) mass is 938 g/mol. The van der Waals surface area contributed by atoms with Crippen molar-refractivity contribution in [3.8, 4) is 44.5 Å². The fourth-order valence-corrected chi connectivity index (χ4v) is 14.2. The number of para-hydroxylation sites is 3. The molecule has 1 atom stereocenters. The molecular formula is C72H46N2. The predicted molar refractivity (Wildman–Crippen MR) is 306 cm³/mol. The summed E-state index contributed by atoms with van der Waals surface area (Å²) >= 11 is 0. The van der Waals surface area contributed by atoms with Crippen molar-refractivity contribution >= 4 is 44.9 Å². The molecule has 0 bridgehead atoms. The Hall–Kier alpha value is -9.50. The van der Waals surface area contributed by atoms with Crippen LogP contribution in [-0.4, -0.2) is 0 Å². The van der Waals surface area contributed by atoms with E-state index in [2.05, 4.69) is 289 Å². The third-order valence-electron chi connectivity index (χ3n) is 16.8. The van der Waals surface area contributed by atoms with Crippen molar-refractivity contribution in [3.05, 3.63) is 324 Å². The maximum Gasteiger partial charge on any atom is 0.0726 e. The van der Waals surface area contributed by atoms with Crippen LogP contribution in [0.1, 0.15) is 44.5 Å². The number of anilines is 6. The second-order valence-corrected chi connectivity index (χ2v) is 20.2. The average Bonchev–Trinajstić information content (AvgIpc) is 4.16. The molecule has 0 saturated carbocycles. The van der Waals surface area contributed by atoms with Crippen molar-refractivity contribution in [2.75, 3.05) is 9.80 Å². The van der Waals surface area contributed by atoms with Crippen molar-refractivity contribution < 1.29 is 0 Å². The molecule has 0 aliphatic heterocycles. The van der Waals surface area contributed by atoms with Gasteiger partial charge in [0.15, 0.2) is 0 Å². The first-order valence-electron chi connectivity index (χ1n) is 25.8. The highest BCUT2D eigenvalue weighted by atomic mass is 15.2. The van der Waals surface area contributed by atoms with E-state index < -0.39 is 10.8 Å². The third-order valence-corrected chi connectivity index (χ3v) is 16.8. The zero-order chi connectivity index (χ0) is 48.5. The maximum absolute atomic E-state index is 2.59. The van der Waals surface area contributed by atoms with E-state index in [-0.39, 0.29) is 0 Å². The minimum absolute atomic E-state index is 0.476. The molecule has 12 aromatic rings. The van der Waals surface area contributed by atoms with Crippen LogP contribution in [0.3, 0.4) is 0 Å². The lowest BCUT2D eigenvalue weighted by atomic mass is 9.70. The van der Waals surface area contributed by atoms with E-state index in [0.717, 1.165) is 34.1 Å². The highest BCUT2D eigenvalue weighted by molar-refractivity contribution is 6.13. The minimum atomic E-state index is -0.603. The number of hydrogen-bond acceptors (Lipinski definition) is 2. The van der Waals surface area contributed by atoms with Gasteiger partial charge in [-0.05, 0) is 150 Å². The van der Waals surface area contributed by atoms with Gasteiger partial charge in [0.2, 0.25) is 0 Å². The summed E-state index contributed by atoms with van der Waals surface area (Å²) in [4.78, 5) is 4.97. The zero-order valence-corrected chi connectivity index (χ0v) is 40.5. The van der Waals surface area contributed by atoms with Crippen molar-refractivity contribution in [2.45, 2.75) is 10.8 Å². The van der Waals surface area contributed by atoms with E-state index in [1.54, 1.807) is 0 Å². The van der Waals surface area contributed by atoms with Gasteiger partial charge in [-0.3, -0.25) is 0 Å². The highest BCUT2D eigenvalue weighted by Crippen LogP contribution is 2.67. The van der Waals surface area contributed by atoms with Gasteiger partial charge in [-0.2, -0.15) is 0 Å². The van der Waals surface area contributed by atoms with Crippen LogP contribution >= 0.6 is 0 Å². The summed E-state index contributed by atoms with van der Waals surface area (Å²) in [5.74, 6) is 0. The van der Waals surface area contributed by atoms with Gasteiger partial charge >= 0.3 is 0 Å². The summed E-state index contributed by atoms with van der Waals surface area (Å²) in [6.45, 7) is 0. The van der Waals surface area contributed by atoms with Gasteiger partial charge in [-0.15, -0.1) is 0 Å². The van der Waals surface area contributed by atoms with E-state index in [1.807, 2.05) is 0 Å². The number of benzene rings is 12.